The minimum absolute atomic E-state index is 0.346. The molecule has 100 valence electrons. The fourth-order valence-electron chi connectivity index (χ4n) is 1.65. The van der Waals surface area contributed by atoms with Crippen LogP contribution in [0.4, 0.5) is 5.69 Å². The van der Waals surface area contributed by atoms with Crippen molar-refractivity contribution in [2.75, 3.05) is 5.73 Å². The van der Waals surface area contributed by atoms with E-state index in [-0.39, 0.29) is 0 Å². The number of halogens is 2. The van der Waals surface area contributed by atoms with Gasteiger partial charge in [0, 0.05) is 21.9 Å². The van der Waals surface area contributed by atoms with Crippen LogP contribution in [-0.2, 0) is 0 Å². The summed E-state index contributed by atoms with van der Waals surface area (Å²) in [6.07, 6.45) is 1.62. The number of nitrogens with two attached hydrogens (primary N) is 1. The standard InChI is InChI=1S/C13H8BrClN4O/c14-8-6-7(3-4-10(8)16)13-18-12(19-20-13)11-9(15)2-1-5-17-11/h1-6H,16H2. The SMILES string of the molecule is Nc1ccc(-c2nc(-c3ncccc3Cl)no2)cc1Br. The number of hydrogen-bond acceptors (Lipinski definition) is 5. The molecule has 0 saturated carbocycles. The van der Waals surface area contributed by atoms with Crippen LogP contribution in [0.5, 0.6) is 0 Å². The number of pyridine rings is 1. The number of aromatic nitrogens is 3. The zero-order chi connectivity index (χ0) is 14.1. The molecule has 5 nitrogen and oxygen atoms in total. The third-order valence-electron chi connectivity index (χ3n) is 2.64. The average molecular weight is 352 g/mol. The van der Waals surface area contributed by atoms with E-state index < -0.39 is 0 Å². The smallest absolute Gasteiger partial charge is 0.258 e. The van der Waals surface area contributed by atoms with E-state index in [1.807, 2.05) is 6.07 Å². The van der Waals surface area contributed by atoms with Gasteiger partial charge in [-0.2, -0.15) is 4.98 Å². The van der Waals surface area contributed by atoms with Gasteiger partial charge >= 0.3 is 0 Å². The van der Waals surface area contributed by atoms with E-state index in [1.54, 1.807) is 30.5 Å². The molecule has 1 aromatic carbocycles. The Morgan fingerprint density at radius 1 is 1.25 bits per heavy atom. The predicted octanol–water partition coefficient (Wildman–Crippen LogP) is 3.80. The van der Waals surface area contributed by atoms with Crippen molar-refractivity contribution in [3.05, 3.63) is 46.0 Å². The Morgan fingerprint density at radius 2 is 2.10 bits per heavy atom. The summed E-state index contributed by atoms with van der Waals surface area (Å²) in [5.74, 6) is 0.723. The summed E-state index contributed by atoms with van der Waals surface area (Å²) in [6, 6.07) is 8.84. The summed E-state index contributed by atoms with van der Waals surface area (Å²) in [5.41, 5.74) is 7.63. The van der Waals surface area contributed by atoms with Crippen molar-refractivity contribution < 1.29 is 4.52 Å². The number of rotatable bonds is 2. The van der Waals surface area contributed by atoms with Gasteiger partial charge in [-0.1, -0.05) is 16.8 Å². The number of nitrogens with zero attached hydrogens (tertiary/aromatic N) is 3. The molecular weight excluding hydrogens is 344 g/mol. The van der Waals surface area contributed by atoms with Crippen LogP contribution in [-0.4, -0.2) is 15.1 Å². The zero-order valence-electron chi connectivity index (χ0n) is 10.0. The van der Waals surface area contributed by atoms with Crippen molar-refractivity contribution in [2.24, 2.45) is 0 Å². The van der Waals surface area contributed by atoms with Crippen LogP contribution in [0.2, 0.25) is 5.02 Å². The Kier molecular flexibility index (Phi) is 3.42. The lowest BCUT2D eigenvalue weighted by Gasteiger charge is -1.99. The summed E-state index contributed by atoms with van der Waals surface area (Å²) in [6.45, 7) is 0. The van der Waals surface area contributed by atoms with Gasteiger partial charge in [-0.15, -0.1) is 0 Å². The van der Waals surface area contributed by atoms with Crippen LogP contribution in [0.1, 0.15) is 0 Å². The molecule has 0 amide bonds. The fraction of sp³-hybridized carbons (Fsp3) is 0. The molecule has 2 aromatic heterocycles. The summed E-state index contributed by atoms with van der Waals surface area (Å²) in [4.78, 5) is 8.44. The van der Waals surface area contributed by atoms with Gasteiger partial charge in [0.1, 0.15) is 5.69 Å². The average Bonchev–Trinajstić information content (AvgIpc) is 2.92. The highest BCUT2D eigenvalue weighted by Crippen LogP contribution is 2.29. The van der Waals surface area contributed by atoms with Crippen molar-refractivity contribution in [3.63, 3.8) is 0 Å². The van der Waals surface area contributed by atoms with Crippen LogP contribution < -0.4 is 5.73 Å². The molecule has 2 N–H and O–H groups in total. The van der Waals surface area contributed by atoms with Crippen LogP contribution >= 0.6 is 27.5 Å². The van der Waals surface area contributed by atoms with Gasteiger partial charge in [0.15, 0.2) is 0 Å². The minimum Gasteiger partial charge on any atom is -0.398 e. The lowest BCUT2D eigenvalue weighted by Crippen LogP contribution is -1.88. The number of hydrogen-bond donors (Lipinski definition) is 1. The summed E-state index contributed by atoms with van der Waals surface area (Å²) in [7, 11) is 0. The van der Waals surface area contributed by atoms with Gasteiger partial charge in [-0.3, -0.25) is 4.98 Å². The molecular formula is C13H8BrClN4O. The molecule has 20 heavy (non-hydrogen) atoms. The lowest BCUT2D eigenvalue weighted by atomic mass is 10.2. The zero-order valence-corrected chi connectivity index (χ0v) is 12.4. The topological polar surface area (TPSA) is 77.8 Å². The number of nitrogen functional groups attached to an aromatic ring is 1. The summed E-state index contributed by atoms with van der Waals surface area (Å²) in [5, 5.41) is 4.37. The monoisotopic (exact) mass is 350 g/mol. The highest BCUT2D eigenvalue weighted by molar-refractivity contribution is 9.10. The number of anilines is 1. The van der Waals surface area contributed by atoms with E-state index in [9.17, 15) is 0 Å². The molecule has 0 unspecified atom stereocenters. The minimum atomic E-state index is 0.346. The summed E-state index contributed by atoms with van der Waals surface area (Å²) < 4.78 is 6.00. The van der Waals surface area contributed by atoms with Gasteiger partial charge in [-0.05, 0) is 46.3 Å². The van der Waals surface area contributed by atoms with Crippen molar-refractivity contribution in [2.45, 2.75) is 0 Å². The van der Waals surface area contributed by atoms with Crippen molar-refractivity contribution in [3.8, 4) is 23.0 Å². The molecule has 3 aromatic rings. The maximum Gasteiger partial charge on any atom is 0.258 e. The molecule has 2 heterocycles. The second-order valence-corrected chi connectivity index (χ2v) is 5.25. The van der Waals surface area contributed by atoms with Gasteiger partial charge < -0.3 is 10.3 Å². The molecule has 0 atom stereocenters. The Morgan fingerprint density at radius 3 is 2.85 bits per heavy atom. The second kappa shape index (κ2) is 5.22. The highest BCUT2D eigenvalue weighted by atomic mass is 79.9. The molecule has 0 aliphatic heterocycles. The molecule has 0 radical (unpaired) electrons. The van der Waals surface area contributed by atoms with E-state index in [0.29, 0.717) is 28.1 Å². The lowest BCUT2D eigenvalue weighted by molar-refractivity contribution is 0.432. The molecule has 0 bridgehead atoms. The van der Waals surface area contributed by atoms with E-state index >= 15 is 0 Å². The second-order valence-electron chi connectivity index (χ2n) is 3.99. The Bertz CT molecular complexity index is 775. The quantitative estimate of drug-likeness (QED) is 0.711. The Hall–Kier alpha value is -1.92. The largest absolute Gasteiger partial charge is 0.398 e. The third-order valence-corrected chi connectivity index (χ3v) is 3.64. The molecule has 0 saturated heterocycles. The molecule has 0 aliphatic carbocycles. The maximum absolute atomic E-state index is 6.05. The van der Waals surface area contributed by atoms with E-state index in [0.717, 1.165) is 10.0 Å². The molecule has 3 rings (SSSR count). The van der Waals surface area contributed by atoms with Gasteiger partial charge in [0.2, 0.25) is 5.82 Å². The van der Waals surface area contributed by atoms with Gasteiger partial charge in [-0.25, -0.2) is 0 Å². The van der Waals surface area contributed by atoms with Gasteiger partial charge in [0.05, 0.1) is 5.02 Å². The first-order valence-electron chi connectivity index (χ1n) is 5.65. The van der Waals surface area contributed by atoms with Crippen LogP contribution in [0, 0.1) is 0 Å². The Balaban J connectivity index is 2.02. The molecule has 7 heteroatoms. The first-order chi connectivity index (χ1) is 9.65. The molecule has 0 aliphatic rings. The molecule has 0 spiro atoms. The maximum atomic E-state index is 6.05. The van der Waals surface area contributed by atoms with Crippen LogP contribution in [0.25, 0.3) is 23.0 Å². The molecule has 0 fully saturated rings. The summed E-state index contributed by atoms with van der Waals surface area (Å²) >= 11 is 9.41. The normalized spacial score (nSPS) is 10.7. The van der Waals surface area contributed by atoms with E-state index in [2.05, 4.69) is 31.1 Å². The van der Waals surface area contributed by atoms with Crippen LogP contribution in [0.15, 0.2) is 45.5 Å². The Labute approximate surface area is 127 Å². The van der Waals surface area contributed by atoms with Crippen LogP contribution in [0.3, 0.4) is 0 Å². The first-order valence-corrected chi connectivity index (χ1v) is 6.82. The number of benzene rings is 1. The fourth-order valence-corrected chi connectivity index (χ4v) is 2.23. The van der Waals surface area contributed by atoms with Crippen molar-refractivity contribution in [1.29, 1.82) is 0 Å². The van der Waals surface area contributed by atoms with Gasteiger partial charge in [0.25, 0.3) is 5.89 Å². The van der Waals surface area contributed by atoms with E-state index in [1.165, 1.54) is 0 Å². The third kappa shape index (κ3) is 2.39. The first kappa shape index (κ1) is 13.1. The highest BCUT2D eigenvalue weighted by Gasteiger charge is 2.14. The predicted molar refractivity (Wildman–Crippen MR) is 80.1 cm³/mol. The van der Waals surface area contributed by atoms with Crippen molar-refractivity contribution >= 4 is 33.2 Å². The van der Waals surface area contributed by atoms with Crippen molar-refractivity contribution in [1.82, 2.24) is 15.1 Å². The van der Waals surface area contributed by atoms with E-state index in [4.69, 9.17) is 21.9 Å².